The van der Waals surface area contributed by atoms with Crippen LogP contribution in [0.5, 0.6) is 0 Å². The van der Waals surface area contributed by atoms with Gasteiger partial charge in [0.15, 0.2) is 0 Å². The lowest BCUT2D eigenvalue weighted by Gasteiger charge is -1.99. The molecular weight excluding hydrogens is 401 g/mol. The van der Waals surface area contributed by atoms with Crippen molar-refractivity contribution in [1.29, 1.82) is 0 Å². The summed E-state index contributed by atoms with van der Waals surface area (Å²) in [6, 6.07) is 14.3. The summed E-state index contributed by atoms with van der Waals surface area (Å²) in [5.74, 6) is 0.00523. The van der Waals surface area contributed by atoms with Crippen LogP contribution in [-0.2, 0) is 6.54 Å². The molecule has 4 aromatic rings. The van der Waals surface area contributed by atoms with Gasteiger partial charge in [0.2, 0.25) is 11.8 Å². The van der Waals surface area contributed by atoms with Crippen LogP contribution in [0.3, 0.4) is 0 Å². The summed E-state index contributed by atoms with van der Waals surface area (Å²) >= 11 is 12.1. The largest absolute Gasteiger partial charge is 0.419 e. The second-order valence-corrected chi connectivity index (χ2v) is 6.79. The van der Waals surface area contributed by atoms with Gasteiger partial charge >= 0.3 is 0 Å². The van der Waals surface area contributed by atoms with Crippen LogP contribution in [0.2, 0.25) is 10.0 Å². The summed E-state index contributed by atoms with van der Waals surface area (Å²) < 4.78 is 7.21. The first-order valence-electron chi connectivity index (χ1n) is 8.22. The predicted molar refractivity (Wildman–Crippen MR) is 105 cm³/mol. The average Bonchev–Trinajstić information content (AvgIpc) is 3.30. The molecular formula is C19H13Cl2N5O2. The summed E-state index contributed by atoms with van der Waals surface area (Å²) in [5.41, 5.74) is 7.67. The molecule has 2 heterocycles. The standard InChI is InChI=1S/C19H13Cl2N5O2/c20-12-6-7-13(15(21)8-12)19-24-23-16(28-19)10-26-9-14(18(22)27)17(25-26)11-4-2-1-3-5-11/h1-9H,10H2,(H2,22,27). The molecule has 2 aromatic heterocycles. The van der Waals surface area contributed by atoms with Crippen LogP contribution < -0.4 is 5.73 Å². The molecule has 2 N–H and O–H groups in total. The van der Waals surface area contributed by atoms with E-state index in [1.54, 1.807) is 24.4 Å². The Balaban J connectivity index is 1.63. The summed E-state index contributed by atoms with van der Waals surface area (Å²) in [6.45, 7) is 0.172. The van der Waals surface area contributed by atoms with E-state index in [0.29, 0.717) is 32.8 Å². The van der Waals surface area contributed by atoms with Gasteiger partial charge in [-0.1, -0.05) is 53.5 Å². The molecule has 0 unspecified atom stereocenters. The molecule has 4 rings (SSSR count). The first kappa shape index (κ1) is 18.2. The molecule has 0 saturated heterocycles. The number of nitrogens with zero attached hydrogens (tertiary/aromatic N) is 4. The molecule has 0 atom stereocenters. The van der Waals surface area contributed by atoms with Gasteiger partial charge in [0, 0.05) is 16.8 Å². The highest BCUT2D eigenvalue weighted by Gasteiger charge is 2.18. The highest BCUT2D eigenvalue weighted by Crippen LogP contribution is 2.29. The van der Waals surface area contributed by atoms with Crippen molar-refractivity contribution in [3.63, 3.8) is 0 Å². The van der Waals surface area contributed by atoms with Crippen LogP contribution in [0.1, 0.15) is 16.2 Å². The number of rotatable bonds is 5. The lowest BCUT2D eigenvalue weighted by molar-refractivity contribution is 0.100. The second kappa shape index (κ2) is 7.46. The fourth-order valence-electron chi connectivity index (χ4n) is 2.72. The molecule has 28 heavy (non-hydrogen) atoms. The summed E-state index contributed by atoms with van der Waals surface area (Å²) in [5, 5.41) is 13.4. The van der Waals surface area contributed by atoms with Crippen molar-refractivity contribution >= 4 is 29.1 Å². The Bertz CT molecular complexity index is 1150. The van der Waals surface area contributed by atoms with E-state index in [9.17, 15) is 4.79 Å². The fourth-order valence-corrected chi connectivity index (χ4v) is 3.21. The Kier molecular flexibility index (Phi) is 4.85. The zero-order valence-corrected chi connectivity index (χ0v) is 15.9. The molecule has 7 nitrogen and oxygen atoms in total. The summed E-state index contributed by atoms with van der Waals surface area (Å²) in [7, 11) is 0. The van der Waals surface area contributed by atoms with Gasteiger partial charge in [0.1, 0.15) is 12.2 Å². The lowest BCUT2D eigenvalue weighted by Crippen LogP contribution is -2.11. The molecule has 2 aromatic carbocycles. The SMILES string of the molecule is NC(=O)c1cn(Cc2nnc(-c3ccc(Cl)cc3Cl)o2)nc1-c1ccccc1. The normalized spacial score (nSPS) is 10.9. The zero-order chi connectivity index (χ0) is 19.7. The minimum absolute atomic E-state index is 0.172. The molecule has 0 aliphatic carbocycles. The maximum atomic E-state index is 11.8. The number of benzene rings is 2. The quantitative estimate of drug-likeness (QED) is 0.531. The van der Waals surface area contributed by atoms with E-state index in [0.717, 1.165) is 5.56 Å². The van der Waals surface area contributed by atoms with Crippen molar-refractivity contribution in [2.24, 2.45) is 5.73 Å². The third-order valence-corrected chi connectivity index (χ3v) is 4.55. The number of carbonyl (C=O) groups excluding carboxylic acids is 1. The third-order valence-electron chi connectivity index (χ3n) is 4.00. The number of amides is 1. The summed E-state index contributed by atoms with van der Waals surface area (Å²) in [4.78, 5) is 11.8. The van der Waals surface area contributed by atoms with E-state index >= 15 is 0 Å². The van der Waals surface area contributed by atoms with Gasteiger partial charge in [-0.15, -0.1) is 10.2 Å². The third kappa shape index (κ3) is 3.62. The van der Waals surface area contributed by atoms with Gasteiger partial charge < -0.3 is 10.2 Å². The number of hydrogen-bond donors (Lipinski definition) is 1. The van der Waals surface area contributed by atoms with Gasteiger partial charge in [0.05, 0.1) is 16.1 Å². The monoisotopic (exact) mass is 413 g/mol. The molecule has 1 amide bonds. The number of nitrogens with two attached hydrogens (primary N) is 1. The molecule has 0 saturated carbocycles. The van der Waals surface area contributed by atoms with Crippen molar-refractivity contribution in [3.8, 4) is 22.7 Å². The molecule has 0 aliphatic rings. The minimum Gasteiger partial charge on any atom is -0.419 e. The van der Waals surface area contributed by atoms with Crippen LogP contribution in [0.25, 0.3) is 22.7 Å². The van der Waals surface area contributed by atoms with Crippen LogP contribution in [0, 0.1) is 0 Å². The van der Waals surface area contributed by atoms with Crippen molar-refractivity contribution in [3.05, 3.63) is 76.2 Å². The van der Waals surface area contributed by atoms with E-state index in [-0.39, 0.29) is 12.4 Å². The highest BCUT2D eigenvalue weighted by atomic mass is 35.5. The maximum Gasteiger partial charge on any atom is 0.252 e. The van der Waals surface area contributed by atoms with Gasteiger partial charge in [0.25, 0.3) is 5.91 Å². The van der Waals surface area contributed by atoms with Crippen LogP contribution in [-0.4, -0.2) is 25.9 Å². The van der Waals surface area contributed by atoms with Gasteiger partial charge in [-0.25, -0.2) is 0 Å². The Labute approximate surface area is 169 Å². The molecule has 0 aliphatic heterocycles. The Morgan fingerprint density at radius 3 is 2.61 bits per heavy atom. The van der Waals surface area contributed by atoms with Crippen LogP contribution in [0.15, 0.2) is 59.1 Å². The number of hydrogen-bond acceptors (Lipinski definition) is 5. The van der Waals surface area contributed by atoms with Crippen molar-refractivity contribution in [1.82, 2.24) is 20.0 Å². The molecule has 0 spiro atoms. The topological polar surface area (TPSA) is 99.8 Å². The molecule has 9 heteroatoms. The van der Waals surface area contributed by atoms with E-state index in [1.807, 2.05) is 30.3 Å². The van der Waals surface area contributed by atoms with Crippen molar-refractivity contribution < 1.29 is 9.21 Å². The number of primary amides is 1. The molecule has 140 valence electrons. The minimum atomic E-state index is -0.565. The van der Waals surface area contributed by atoms with Gasteiger partial charge in [-0.05, 0) is 18.2 Å². The van der Waals surface area contributed by atoms with Crippen molar-refractivity contribution in [2.75, 3.05) is 0 Å². The van der Waals surface area contributed by atoms with E-state index < -0.39 is 5.91 Å². The van der Waals surface area contributed by atoms with Crippen LogP contribution >= 0.6 is 23.2 Å². The van der Waals surface area contributed by atoms with E-state index in [1.165, 1.54) is 4.68 Å². The van der Waals surface area contributed by atoms with E-state index in [2.05, 4.69) is 15.3 Å². The van der Waals surface area contributed by atoms with E-state index in [4.69, 9.17) is 33.4 Å². The van der Waals surface area contributed by atoms with Crippen LogP contribution in [0.4, 0.5) is 0 Å². The highest BCUT2D eigenvalue weighted by molar-refractivity contribution is 6.36. The maximum absolute atomic E-state index is 11.8. The Morgan fingerprint density at radius 2 is 1.89 bits per heavy atom. The first-order valence-corrected chi connectivity index (χ1v) is 8.97. The van der Waals surface area contributed by atoms with Crippen molar-refractivity contribution in [2.45, 2.75) is 6.54 Å². The molecule has 0 radical (unpaired) electrons. The van der Waals surface area contributed by atoms with Gasteiger partial charge in [-0.3, -0.25) is 9.48 Å². The number of aromatic nitrogens is 4. The molecule has 0 bridgehead atoms. The number of carbonyl (C=O) groups is 1. The summed E-state index contributed by atoms with van der Waals surface area (Å²) in [6.07, 6.45) is 1.56. The zero-order valence-electron chi connectivity index (χ0n) is 14.3. The Hall–Kier alpha value is -3.16. The first-order chi connectivity index (χ1) is 13.5. The smallest absolute Gasteiger partial charge is 0.252 e. The second-order valence-electron chi connectivity index (χ2n) is 5.94. The number of halogens is 2. The fraction of sp³-hybridized carbons (Fsp3) is 0.0526. The average molecular weight is 414 g/mol. The lowest BCUT2D eigenvalue weighted by atomic mass is 10.1. The Morgan fingerprint density at radius 1 is 1.11 bits per heavy atom. The molecule has 0 fully saturated rings. The van der Waals surface area contributed by atoms with Gasteiger partial charge in [-0.2, -0.15) is 5.10 Å². The predicted octanol–water partition coefficient (Wildman–Crippen LogP) is 4.05.